The van der Waals surface area contributed by atoms with E-state index in [0.717, 1.165) is 0 Å². The van der Waals surface area contributed by atoms with Crippen molar-refractivity contribution >= 4 is 85.9 Å². The maximum Gasteiger partial charge on any atom is 2.00 e. The monoisotopic (exact) mass is 211 g/mol. The molecule has 4 nitrogen and oxygen atoms in total. The van der Waals surface area contributed by atoms with Crippen LogP contribution in [0.1, 0.15) is 0 Å². The van der Waals surface area contributed by atoms with E-state index in [0.29, 0.717) is 0 Å². The molecule has 0 fully saturated rings. The van der Waals surface area contributed by atoms with Crippen LogP contribution in [-0.4, -0.2) is 93.0 Å². The van der Waals surface area contributed by atoms with Crippen molar-refractivity contribution < 1.29 is 29.9 Å². The summed E-state index contributed by atoms with van der Waals surface area (Å²) in [7, 11) is -5.17. The Bertz CT molecular complexity index is 97.2. The first-order valence-electron chi connectivity index (χ1n) is 0.667. The van der Waals surface area contributed by atoms with E-state index in [9.17, 15) is 0 Å². The summed E-state index contributed by atoms with van der Waals surface area (Å²) in [6.07, 6.45) is 0. The smallest absolute Gasteiger partial charge is 1.00 e. The molecule has 8 heavy (non-hydrogen) atoms. The Morgan fingerprint density at radius 3 is 1.00 bits per heavy atom. The largest absolute Gasteiger partial charge is 2.00 e. The molecule has 0 aliphatic heterocycles. The fraction of sp³-hybridized carbons (Fsp3) is 0. The molecule has 0 aromatic heterocycles. The molecule has 0 aliphatic rings. The predicted molar refractivity (Wildman–Crippen MR) is 22.0 cm³/mol. The molecule has 0 unspecified atom stereocenters. The fourth-order valence-electron chi connectivity index (χ4n) is 0. The Morgan fingerprint density at radius 2 is 1.00 bits per heavy atom. The van der Waals surface area contributed by atoms with Gasteiger partial charge in [0.1, 0.15) is 0 Å². The Hall–Kier alpha value is 2.68. The van der Waals surface area contributed by atoms with Crippen molar-refractivity contribution in [2.45, 2.75) is 0 Å². The van der Waals surface area contributed by atoms with Gasteiger partial charge >= 0.3 is 75.5 Å². The van der Waals surface area contributed by atoms with E-state index in [-0.39, 0.29) is 87.9 Å². The van der Waals surface area contributed by atoms with Gasteiger partial charge in [0.25, 0.3) is 0 Å². The summed E-state index contributed by atoms with van der Waals surface area (Å²) in [5.74, 6) is 0. The number of rotatable bonds is 0. The molecule has 0 amide bonds. The van der Waals surface area contributed by atoms with E-state index in [4.69, 9.17) is 17.5 Å². The average Bonchev–Trinajstić information content (AvgIpc) is 0.722. The van der Waals surface area contributed by atoms with Gasteiger partial charge in [-0.05, 0) is 0 Å². The SMILES string of the molecule is O=S(=O)([O-])[O-].[Ca+2].[Ca+2].[Cl-]. The fourth-order valence-corrected chi connectivity index (χ4v) is 0. The van der Waals surface area contributed by atoms with Gasteiger partial charge in [-0.3, -0.25) is 8.42 Å². The van der Waals surface area contributed by atoms with Gasteiger partial charge in [-0.2, -0.15) is 0 Å². The standard InChI is InChI=1S/2Ca.ClH.H2O4S/c;;;1-5(2,3)4/h;;1H;(H2,1,2,3,4)/q2*+2;;/p-3. The molecule has 0 spiro atoms. The van der Waals surface area contributed by atoms with Gasteiger partial charge < -0.3 is 21.5 Å². The molecule has 0 bridgehead atoms. The molecule has 0 aromatic rings. The summed E-state index contributed by atoms with van der Waals surface area (Å²) in [5, 5.41) is 0. The van der Waals surface area contributed by atoms with E-state index in [2.05, 4.69) is 0 Å². The van der Waals surface area contributed by atoms with Crippen LogP contribution < -0.4 is 12.4 Å². The zero-order chi connectivity index (χ0) is 4.50. The second-order valence-electron chi connectivity index (χ2n) is 0.408. The van der Waals surface area contributed by atoms with E-state index in [1.165, 1.54) is 0 Å². The normalized spacial score (nSPS) is 7.25. The quantitative estimate of drug-likeness (QED) is 0.228. The summed E-state index contributed by atoms with van der Waals surface area (Å²) in [4.78, 5) is 0. The minimum Gasteiger partial charge on any atom is -1.00 e. The summed E-state index contributed by atoms with van der Waals surface area (Å²) in [5.41, 5.74) is 0. The molecule has 0 saturated carbocycles. The Balaban J connectivity index is -0.0000000267. The van der Waals surface area contributed by atoms with Gasteiger partial charge in [0.2, 0.25) is 0 Å². The van der Waals surface area contributed by atoms with Crippen molar-refractivity contribution in [2.75, 3.05) is 0 Å². The molecule has 8 heteroatoms. The Labute approximate surface area is 113 Å². The number of hydrogen-bond acceptors (Lipinski definition) is 4. The number of hydrogen-bond donors (Lipinski definition) is 0. The molecule has 0 radical (unpaired) electrons. The van der Waals surface area contributed by atoms with Gasteiger partial charge in [-0.1, -0.05) is 0 Å². The molecular weight excluding hydrogens is 212 g/mol. The molecule has 0 aliphatic carbocycles. The number of halogens is 1. The predicted octanol–water partition coefficient (Wildman–Crippen LogP) is -5.10. The van der Waals surface area contributed by atoms with Crippen molar-refractivity contribution in [1.82, 2.24) is 0 Å². The van der Waals surface area contributed by atoms with E-state index in [1.807, 2.05) is 0 Å². The van der Waals surface area contributed by atoms with E-state index < -0.39 is 10.4 Å². The summed E-state index contributed by atoms with van der Waals surface area (Å²) in [6.45, 7) is 0. The second kappa shape index (κ2) is 9.68. The van der Waals surface area contributed by atoms with Crippen molar-refractivity contribution in [3.63, 3.8) is 0 Å². The van der Waals surface area contributed by atoms with Gasteiger partial charge in [-0.15, -0.1) is 0 Å². The molecule has 0 heterocycles. The third-order valence-corrected chi connectivity index (χ3v) is 0. The van der Waals surface area contributed by atoms with Crippen molar-refractivity contribution in [1.29, 1.82) is 0 Å². The molecule has 0 saturated heterocycles. The average molecular weight is 212 g/mol. The van der Waals surface area contributed by atoms with Crippen LogP contribution in [0.15, 0.2) is 0 Å². The van der Waals surface area contributed by atoms with Crippen molar-refractivity contribution in [3.8, 4) is 0 Å². The molecule has 0 rings (SSSR count). The zero-order valence-electron chi connectivity index (χ0n) is 3.83. The third kappa shape index (κ3) is 71.3. The molecule has 0 aromatic carbocycles. The van der Waals surface area contributed by atoms with Crippen LogP contribution in [0.3, 0.4) is 0 Å². The first-order valence-corrected chi connectivity index (χ1v) is 2.00. The van der Waals surface area contributed by atoms with E-state index in [1.54, 1.807) is 0 Å². The van der Waals surface area contributed by atoms with Gasteiger partial charge in [0, 0.05) is 10.4 Å². The third-order valence-electron chi connectivity index (χ3n) is 0. The van der Waals surface area contributed by atoms with Gasteiger partial charge in [-0.25, -0.2) is 0 Å². The molecule has 0 N–H and O–H groups in total. The second-order valence-corrected chi connectivity index (χ2v) is 1.22. The van der Waals surface area contributed by atoms with Crippen LogP contribution in [0.2, 0.25) is 0 Å². The summed E-state index contributed by atoms with van der Waals surface area (Å²) < 4.78 is 34.1. The van der Waals surface area contributed by atoms with Crippen molar-refractivity contribution in [2.24, 2.45) is 0 Å². The van der Waals surface area contributed by atoms with Crippen LogP contribution in [0, 0.1) is 0 Å². The minimum absolute atomic E-state index is 0. The molecule has 40 valence electrons. The van der Waals surface area contributed by atoms with Crippen LogP contribution in [0.25, 0.3) is 0 Å². The maximum atomic E-state index is 8.52. The van der Waals surface area contributed by atoms with Gasteiger partial charge in [0.05, 0.1) is 0 Å². The van der Waals surface area contributed by atoms with Crippen LogP contribution in [0.5, 0.6) is 0 Å². The maximum absolute atomic E-state index is 8.52. The van der Waals surface area contributed by atoms with Crippen LogP contribution >= 0.6 is 0 Å². The van der Waals surface area contributed by atoms with Crippen molar-refractivity contribution in [3.05, 3.63) is 0 Å². The first-order chi connectivity index (χ1) is 2.00. The topological polar surface area (TPSA) is 80.3 Å². The summed E-state index contributed by atoms with van der Waals surface area (Å²) in [6, 6.07) is 0. The Kier molecular flexibility index (Phi) is 27.1. The first kappa shape index (κ1) is 22.4. The zero-order valence-corrected chi connectivity index (χ0v) is 9.82. The van der Waals surface area contributed by atoms with Gasteiger partial charge in [0.15, 0.2) is 0 Å². The van der Waals surface area contributed by atoms with E-state index >= 15 is 0 Å². The summed E-state index contributed by atoms with van der Waals surface area (Å²) >= 11 is 0. The molecule has 0 atom stereocenters. The van der Waals surface area contributed by atoms with Crippen LogP contribution in [-0.2, 0) is 10.4 Å². The molecular formula is Ca2ClO4S+. The van der Waals surface area contributed by atoms with Crippen LogP contribution in [0.4, 0.5) is 0 Å². The minimum atomic E-state index is -5.17. The Morgan fingerprint density at radius 1 is 1.00 bits per heavy atom.